The quantitative estimate of drug-likeness (QED) is 0.772. The van der Waals surface area contributed by atoms with E-state index < -0.39 is 5.95 Å². The summed E-state index contributed by atoms with van der Waals surface area (Å²) in [6, 6.07) is 6.97. The number of hydrogen-bond acceptors (Lipinski definition) is 3. The first-order valence-corrected chi connectivity index (χ1v) is 5.82. The summed E-state index contributed by atoms with van der Waals surface area (Å²) in [5, 5.41) is 0. The van der Waals surface area contributed by atoms with Crippen LogP contribution < -0.4 is 4.74 Å². The van der Waals surface area contributed by atoms with Gasteiger partial charge < -0.3 is 4.74 Å². The zero-order valence-electron chi connectivity index (χ0n) is 10.6. The average Bonchev–Trinajstić information content (AvgIpc) is 2.28. The van der Waals surface area contributed by atoms with Crippen LogP contribution in [0.15, 0.2) is 30.6 Å². The molecular formula is C14H15FN2O. The lowest BCUT2D eigenvalue weighted by Crippen LogP contribution is -1.94. The highest BCUT2D eigenvalue weighted by Crippen LogP contribution is 2.26. The van der Waals surface area contributed by atoms with Gasteiger partial charge >= 0.3 is 0 Å². The van der Waals surface area contributed by atoms with Crippen molar-refractivity contribution in [2.45, 2.75) is 26.7 Å². The summed E-state index contributed by atoms with van der Waals surface area (Å²) < 4.78 is 18.4. The molecule has 0 saturated carbocycles. The predicted molar refractivity (Wildman–Crippen MR) is 67.3 cm³/mol. The molecule has 0 unspecified atom stereocenters. The molecule has 94 valence electrons. The maximum absolute atomic E-state index is 12.9. The van der Waals surface area contributed by atoms with Gasteiger partial charge in [0.25, 0.3) is 0 Å². The molecule has 2 rings (SSSR count). The van der Waals surface area contributed by atoms with Crippen molar-refractivity contribution in [1.29, 1.82) is 0 Å². The highest BCUT2D eigenvalue weighted by atomic mass is 19.1. The minimum Gasteiger partial charge on any atom is -0.439 e. The molecule has 0 atom stereocenters. The maximum atomic E-state index is 12.9. The zero-order chi connectivity index (χ0) is 13.1. The van der Waals surface area contributed by atoms with Crippen LogP contribution in [0.25, 0.3) is 0 Å². The Bertz CT molecular complexity index is 555. The number of hydrogen-bond donors (Lipinski definition) is 0. The Morgan fingerprint density at radius 2 is 1.94 bits per heavy atom. The van der Waals surface area contributed by atoms with E-state index in [-0.39, 0.29) is 5.88 Å². The second kappa shape index (κ2) is 5.12. The van der Waals surface area contributed by atoms with E-state index in [1.54, 1.807) is 0 Å². The van der Waals surface area contributed by atoms with Gasteiger partial charge in [-0.3, -0.25) is 0 Å². The summed E-state index contributed by atoms with van der Waals surface area (Å²) in [6.07, 6.45) is 1.14. The van der Waals surface area contributed by atoms with Crippen LogP contribution in [0.3, 0.4) is 0 Å². The SMILES string of the molecule is Cc1cc(Oc2cc(F)ncn2)ccc1C(C)C. The fourth-order valence-electron chi connectivity index (χ4n) is 1.85. The van der Waals surface area contributed by atoms with E-state index in [0.29, 0.717) is 11.7 Å². The monoisotopic (exact) mass is 246 g/mol. The first-order valence-electron chi connectivity index (χ1n) is 5.82. The molecule has 18 heavy (non-hydrogen) atoms. The molecule has 0 saturated heterocycles. The highest BCUT2D eigenvalue weighted by molar-refractivity contribution is 5.37. The number of rotatable bonds is 3. The van der Waals surface area contributed by atoms with Gasteiger partial charge in [-0.15, -0.1) is 0 Å². The van der Waals surface area contributed by atoms with Crippen LogP contribution in [0.2, 0.25) is 0 Å². The molecule has 1 heterocycles. The predicted octanol–water partition coefficient (Wildman–Crippen LogP) is 3.84. The Kier molecular flexibility index (Phi) is 3.55. The lowest BCUT2D eigenvalue weighted by Gasteiger charge is -2.11. The number of nitrogens with zero attached hydrogens (tertiary/aromatic N) is 2. The number of ether oxygens (including phenoxy) is 1. The third-order valence-corrected chi connectivity index (χ3v) is 2.69. The largest absolute Gasteiger partial charge is 0.439 e. The second-order valence-electron chi connectivity index (χ2n) is 4.45. The molecule has 0 radical (unpaired) electrons. The van der Waals surface area contributed by atoms with Crippen molar-refractivity contribution in [2.24, 2.45) is 0 Å². The maximum Gasteiger partial charge on any atom is 0.225 e. The van der Waals surface area contributed by atoms with Gasteiger partial charge in [-0.05, 0) is 36.1 Å². The summed E-state index contributed by atoms with van der Waals surface area (Å²) in [4.78, 5) is 7.23. The Balaban J connectivity index is 2.23. The van der Waals surface area contributed by atoms with Gasteiger partial charge in [0.15, 0.2) is 0 Å². The number of halogens is 1. The van der Waals surface area contributed by atoms with Gasteiger partial charge in [-0.1, -0.05) is 19.9 Å². The highest BCUT2D eigenvalue weighted by Gasteiger charge is 2.06. The van der Waals surface area contributed by atoms with Crippen LogP contribution >= 0.6 is 0 Å². The number of aryl methyl sites for hydroxylation is 1. The molecule has 0 spiro atoms. The minimum absolute atomic E-state index is 0.208. The van der Waals surface area contributed by atoms with Crippen molar-refractivity contribution in [3.05, 3.63) is 47.7 Å². The molecule has 0 N–H and O–H groups in total. The first-order chi connectivity index (χ1) is 8.56. The Morgan fingerprint density at radius 1 is 1.17 bits per heavy atom. The normalized spacial score (nSPS) is 10.7. The molecule has 3 nitrogen and oxygen atoms in total. The molecule has 0 aliphatic carbocycles. The van der Waals surface area contributed by atoms with Crippen LogP contribution in [0.5, 0.6) is 11.6 Å². The van der Waals surface area contributed by atoms with E-state index in [1.165, 1.54) is 5.56 Å². The molecule has 0 fully saturated rings. The number of aromatic nitrogens is 2. The van der Waals surface area contributed by atoms with Crippen molar-refractivity contribution >= 4 is 0 Å². The Morgan fingerprint density at radius 3 is 2.56 bits per heavy atom. The fourth-order valence-corrected chi connectivity index (χ4v) is 1.85. The van der Waals surface area contributed by atoms with Crippen LogP contribution in [-0.2, 0) is 0 Å². The molecular weight excluding hydrogens is 231 g/mol. The van der Waals surface area contributed by atoms with Gasteiger partial charge in [0, 0.05) is 0 Å². The molecule has 0 aliphatic rings. The van der Waals surface area contributed by atoms with Crippen LogP contribution in [0, 0.1) is 12.9 Å². The summed E-state index contributed by atoms with van der Waals surface area (Å²) in [6.45, 7) is 6.31. The minimum atomic E-state index is -0.601. The zero-order valence-corrected chi connectivity index (χ0v) is 10.6. The first kappa shape index (κ1) is 12.5. The topological polar surface area (TPSA) is 35.0 Å². The van der Waals surface area contributed by atoms with E-state index in [0.717, 1.165) is 18.0 Å². The molecule has 0 aliphatic heterocycles. The van der Waals surface area contributed by atoms with Gasteiger partial charge in [0.2, 0.25) is 11.8 Å². The summed E-state index contributed by atoms with van der Waals surface area (Å²) >= 11 is 0. The van der Waals surface area contributed by atoms with E-state index >= 15 is 0 Å². The van der Waals surface area contributed by atoms with E-state index in [1.807, 2.05) is 25.1 Å². The molecule has 4 heteroatoms. The molecule has 2 aromatic rings. The van der Waals surface area contributed by atoms with Crippen molar-refractivity contribution in [3.8, 4) is 11.6 Å². The van der Waals surface area contributed by atoms with Crippen molar-refractivity contribution in [3.63, 3.8) is 0 Å². The lowest BCUT2D eigenvalue weighted by atomic mass is 9.98. The van der Waals surface area contributed by atoms with Crippen LogP contribution in [-0.4, -0.2) is 9.97 Å². The standard InChI is InChI=1S/C14H15FN2O/c1-9(2)12-5-4-11(6-10(12)3)18-14-7-13(15)16-8-17-14/h4-9H,1-3H3. The fraction of sp³-hybridized carbons (Fsp3) is 0.286. The molecule has 0 amide bonds. The Labute approximate surface area is 106 Å². The molecule has 0 bridgehead atoms. The van der Waals surface area contributed by atoms with Crippen molar-refractivity contribution in [1.82, 2.24) is 9.97 Å². The molecule has 1 aromatic heterocycles. The molecule has 1 aromatic carbocycles. The van der Waals surface area contributed by atoms with E-state index in [4.69, 9.17) is 4.74 Å². The third kappa shape index (κ3) is 2.83. The second-order valence-corrected chi connectivity index (χ2v) is 4.45. The van der Waals surface area contributed by atoms with Crippen LogP contribution in [0.1, 0.15) is 30.9 Å². The lowest BCUT2D eigenvalue weighted by molar-refractivity contribution is 0.450. The van der Waals surface area contributed by atoms with E-state index in [9.17, 15) is 4.39 Å². The van der Waals surface area contributed by atoms with Gasteiger partial charge in [-0.25, -0.2) is 9.97 Å². The average molecular weight is 246 g/mol. The number of benzene rings is 1. The smallest absolute Gasteiger partial charge is 0.225 e. The van der Waals surface area contributed by atoms with Gasteiger partial charge in [0.05, 0.1) is 6.07 Å². The Hall–Kier alpha value is -1.97. The van der Waals surface area contributed by atoms with Crippen molar-refractivity contribution in [2.75, 3.05) is 0 Å². The third-order valence-electron chi connectivity index (χ3n) is 2.69. The van der Waals surface area contributed by atoms with Gasteiger partial charge in [0.1, 0.15) is 12.1 Å². The van der Waals surface area contributed by atoms with E-state index in [2.05, 4.69) is 23.8 Å². The summed E-state index contributed by atoms with van der Waals surface area (Å²) in [5.41, 5.74) is 2.42. The summed E-state index contributed by atoms with van der Waals surface area (Å²) in [7, 11) is 0. The van der Waals surface area contributed by atoms with Gasteiger partial charge in [-0.2, -0.15) is 4.39 Å². The summed E-state index contributed by atoms with van der Waals surface area (Å²) in [5.74, 6) is 0.722. The van der Waals surface area contributed by atoms with Crippen molar-refractivity contribution < 1.29 is 9.13 Å². The van der Waals surface area contributed by atoms with Crippen LogP contribution in [0.4, 0.5) is 4.39 Å².